The van der Waals surface area contributed by atoms with Gasteiger partial charge in [-0.1, -0.05) is 11.8 Å². The fraction of sp³-hybridized carbons (Fsp3) is 0.267. The normalized spacial score (nSPS) is 11.0. The number of hydrogen-bond acceptors (Lipinski definition) is 9. The van der Waals surface area contributed by atoms with E-state index >= 15 is 0 Å². The number of ether oxygens (including phenoxy) is 1. The molecule has 2 N–H and O–H groups in total. The maximum Gasteiger partial charge on any atom is 0.343 e. The molecule has 0 aromatic carbocycles. The number of nitrogens with zero attached hydrogens (tertiary/aromatic N) is 4. The van der Waals surface area contributed by atoms with Gasteiger partial charge in [0.05, 0.1) is 12.3 Å². The van der Waals surface area contributed by atoms with E-state index in [4.69, 9.17) is 10.5 Å². The van der Waals surface area contributed by atoms with Crippen molar-refractivity contribution in [3.05, 3.63) is 44.9 Å². The van der Waals surface area contributed by atoms with Gasteiger partial charge in [0.2, 0.25) is 0 Å². The lowest BCUT2D eigenvalue weighted by Gasteiger charge is -2.06. The zero-order valence-corrected chi connectivity index (χ0v) is 15.2. The summed E-state index contributed by atoms with van der Waals surface area (Å²) in [7, 11) is 0. The summed E-state index contributed by atoms with van der Waals surface area (Å²) in [6.45, 7) is 3.82. The first-order chi connectivity index (χ1) is 12.0. The van der Waals surface area contributed by atoms with E-state index in [0.29, 0.717) is 21.6 Å². The summed E-state index contributed by atoms with van der Waals surface area (Å²) < 4.78 is 6.45. The van der Waals surface area contributed by atoms with Crippen LogP contribution in [0.15, 0.2) is 27.6 Å². The van der Waals surface area contributed by atoms with Crippen LogP contribution >= 0.6 is 23.1 Å². The number of rotatable bonds is 5. The van der Waals surface area contributed by atoms with Crippen molar-refractivity contribution < 1.29 is 9.53 Å². The van der Waals surface area contributed by atoms with Crippen LogP contribution in [0.2, 0.25) is 0 Å². The maximum atomic E-state index is 12.1. The number of nitrogen functional groups attached to an aromatic ring is 1. The number of carbonyl (C=O) groups is 1. The Labute approximate surface area is 151 Å². The van der Waals surface area contributed by atoms with Crippen molar-refractivity contribution in [2.45, 2.75) is 24.8 Å². The minimum Gasteiger partial charge on any atom is -0.462 e. The van der Waals surface area contributed by atoms with Gasteiger partial charge in [-0.05, 0) is 13.8 Å². The van der Waals surface area contributed by atoms with Gasteiger partial charge in [0.15, 0.2) is 10.1 Å². The number of carbonyl (C=O) groups excluding carboxylic acids is 1. The molecule has 0 unspecified atom stereocenters. The molecule has 0 aliphatic heterocycles. The van der Waals surface area contributed by atoms with Gasteiger partial charge in [-0.2, -0.15) is 0 Å². The van der Waals surface area contributed by atoms with Crippen LogP contribution < -0.4 is 11.3 Å². The molecule has 0 aliphatic rings. The Hall–Kier alpha value is -2.46. The first-order valence-electron chi connectivity index (χ1n) is 7.38. The van der Waals surface area contributed by atoms with Gasteiger partial charge >= 0.3 is 5.97 Å². The van der Waals surface area contributed by atoms with Crippen LogP contribution in [-0.2, 0) is 10.5 Å². The molecule has 0 saturated carbocycles. The molecule has 3 heterocycles. The summed E-state index contributed by atoms with van der Waals surface area (Å²) in [5, 5.41) is 2.29. The molecular weight excluding hydrogens is 362 g/mol. The van der Waals surface area contributed by atoms with E-state index in [0.717, 1.165) is 5.69 Å². The molecule has 25 heavy (non-hydrogen) atoms. The molecule has 0 saturated heterocycles. The molecule has 0 bridgehead atoms. The Kier molecular flexibility index (Phi) is 5.00. The molecule has 3 aromatic rings. The van der Waals surface area contributed by atoms with Crippen LogP contribution in [0.5, 0.6) is 0 Å². The van der Waals surface area contributed by atoms with Gasteiger partial charge in [-0.15, -0.1) is 11.3 Å². The molecule has 0 amide bonds. The molecule has 0 spiro atoms. The first kappa shape index (κ1) is 17.4. The van der Waals surface area contributed by atoms with Gasteiger partial charge < -0.3 is 10.5 Å². The molecule has 3 aromatic heterocycles. The Morgan fingerprint density at radius 1 is 1.44 bits per heavy atom. The topological polar surface area (TPSA) is 112 Å². The highest BCUT2D eigenvalue weighted by molar-refractivity contribution is 7.98. The Bertz CT molecular complexity index is 998. The summed E-state index contributed by atoms with van der Waals surface area (Å²) >= 11 is 2.70. The van der Waals surface area contributed by atoms with E-state index in [1.54, 1.807) is 11.3 Å². The largest absolute Gasteiger partial charge is 0.462 e. The molecule has 10 heteroatoms. The summed E-state index contributed by atoms with van der Waals surface area (Å²) in [5.74, 6) is -0.0704. The maximum absolute atomic E-state index is 12.1. The first-order valence-corrected chi connectivity index (χ1v) is 9.25. The number of anilines is 1. The molecule has 8 nitrogen and oxygen atoms in total. The van der Waals surface area contributed by atoms with Gasteiger partial charge in [0.1, 0.15) is 11.4 Å². The van der Waals surface area contributed by atoms with Gasteiger partial charge in [-0.25, -0.2) is 19.7 Å². The van der Waals surface area contributed by atoms with Crippen LogP contribution in [0.4, 0.5) is 5.82 Å². The van der Waals surface area contributed by atoms with E-state index < -0.39 is 5.97 Å². The quantitative estimate of drug-likeness (QED) is 0.407. The van der Waals surface area contributed by atoms with Crippen LogP contribution in [0, 0.1) is 6.92 Å². The molecule has 130 valence electrons. The molecule has 0 fully saturated rings. The number of thiazole rings is 1. The lowest BCUT2D eigenvalue weighted by Crippen LogP contribution is -2.14. The average Bonchev–Trinajstić information content (AvgIpc) is 2.95. The average molecular weight is 377 g/mol. The molecular formula is C15H15N5O3S2. The highest BCUT2D eigenvalue weighted by Gasteiger charge is 2.14. The monoisotopic (exact) mass is 377 g/mol. The summed E-state index contributed by atoms with van der Waals surface area (Å²) in [5.41, 5.74) is 7.31. The SMILES string of the molecule is CCOC(=O)c1cnc(SCc2cc(=O)n3c(C)csc3n2)nc1N. The summed E-state index contributed by atoms with van der Waals surface area (Å²) in [4.78, 5) is 37.2. The molecule has 3 rings (SSSR count). The standard InChI is InChI=1S/C15H15N5O3S2/c1-3-23-13(22)10-5-17-14(19-12(10)16)24-7-9-4-11(21)20-8(2)6-25-15(20)18-9/h4-6H,3,7H2,1-2H3,(H2,16,17,19). The Balaban J connectivity index is 1.76. The minimum atomic E-state index is -0.551. The summed E-state index contributed by atoms with van der Waals surface area (Å²) in [6, 6.07) is 1.50. The number of thioether (sulfide) groups is 1. The van der Waals surface area contributed by atoms with E-state index in [-0.39, 0.29) is 23.5 Å². The van der Waals surface area contributed by atoms with Crippen molar-refractivity contribution in [2.75, 3.05) is 12.3 Å². The van der Waals surface area contributed by atoms with Crippen molar-refractivity contribution in [1.82, 2.24) is 19.4 Å². The highest BCUT2D eigenvalue weighted by Crippen LogP contribution is 2.21. The van der Waals surface area contributed by atoms with Gasteiger partial charge in [0, 0.05) is 29.1 Å². The predicted octanol–water partition coefficient (Wildman–Crippen LogP) is 1.91. The predicted molar refractivity (Wildman–Crippen MR) is 96.0 cm³/mol. The third-order valence-corrected chi connectivity index (χ3v) is 5.11. The molecule has 0 atom stereocenters. The number of nitrogens with two attached hydrogens (primary N) is 1. The number of esters is 1. The van der Waals surface area contributed by atoms with Gasteiger partial charge in [-0.3, -0.25) is 9.20 Å². The zero-order chi connectivity index (χ0) is 18.0. The fourth-order valence-electron chi connectivity index (χ4n) is 2.13. The van der Waals surface area contributed by atoms with Crippen molar-refractivity contribution >= 4 is 39.8 Å². The molecule has 0 aliphatic carbocycles. The van der Waals surface area contributed by atoms with E-state index in [9.17, 15) is 9.59 Å². The third-order valence-electron chi connectivity index (χ3n) is 3.27. The molecule has 0 radical (unpaired) electrons. The van der Waals surface area contributed by atoms with E-state index in [1.807, 2.05) is 12.3 Å². The number of fused-ring (bicyclic) bond motifs is 1. The van der Waals surface area contributed by atoms with Crippen molar-refractivity contribution in [1.29, 1.82) is 0 Å². The van der Waals surface area contributed by atoms with Crippen molar-refractivity contribution in [3.63, 3.8) is 0 Å². The number of aryl methyl sites for hydroxylation is 1. The fourth-order valence-corrected chi connectivity index (χ4v) is 3.73. The van der Waals surface area contributed by atoms with Crippen LogP contribution in [0.1, 0.15) is 28.7 Å². The summed E-state index contributed by atoms with van der Waals surface area (Å²) in [6.07, 6.45) is 1.34. The second-order valence-electron chi connectivity index (χ2n) is 5.04. The minimum absolute atomic E-state index is 0.0633. The second-order valence-corrected chi connectivity index (χ2v) is 6.82. The van der Waals surface area contributed by atoms with E-state index in [2.05, 4.69) is 15.0 Å². The second kappa shape index (κ2) is 7.19. The van der Waals surface area contributed by atoms with E-state index in [1.165, 1.54) is 35.4 Å². The van der Waals surface area contributed by atoms with Crippen LogP contribution in [0.25, 0.3) is 4.96 Å². The lowest BCUT2D eigenvalue weighted by atomic mass is 10.3. The van der Waals surface area contributed by atoms with Crippen molar-refractivity contribution in [3.8, 4) is 0 Å². The Morgan fingerprint density at radius 2 is 2.24 bits per heavy atom. The lowest BCUT2D eigenvalue weighted by molar-refractivity contribution is 0.0526. The van der Waals surface area contributed by atoms with Gasteiger partial charge in [0.25, 0.3) is 5.56 Å². The Morgan fingerprint density at radius 3 is 2.96 bits per heavy atom. The third kappa shape index (κ3) is 3.64. The zero-order valence-electron chi connectivity index (χ0n) is 13.6. The van der Waals surface area contributed by atoms with Crippen LogP contribution in [-0.4, -0.2) is 31.9 Å². The highest BCUT2D eigenvalue weighted by atomic mass is 32.2. The number of hydrogen-bond donors (Lipinski definition) is 1. The smallest absolute Gasteiger partial charge is 0.343 e. The number of aromatic nitrogens is 4. The van der Waals surface area contributed by atoms with Crippen molar-refractivity contribution in [2.24, 2.45) is 0 Å². The van der Waals surface area contributed by atoms with Crippen LogP contribution in [0.3, 0.4) is 0 Å².